The molecule has 0 N–H and O–H groups in total. The number of benzene rings is 6. The van der Waals surface area contributed by atoms with Crippen molar-refractivity contribution in [3.8, 4) is 39.6 Å². The highest BCUT2D eigenvalue weighted by atomic mass is 15.0. The third kappa shape index (κ3) is 3.97. The first-order valence-electron chi connectivity index (χ1n) is 13.7. The Bertz CT molecular complexity index is 2120. The number of aromatic nitrogens is 4. The molecular formula is C37H24N4. The highest BCUT2D eigenvalue weighted by molar-refractivity contribution is 6.23. The lowest BCUT2D eigenvalue weighted by Gasteiger charge is -2.12. The van der Waals surface area contributed by atoms with E-state index in [1.165, 1.54) is 21.5 Å². The number of fused-ring (bicyclic) bond motifs is 6. The molecule has 0 bridgehead atoms. The summed E-state index contributed by atoms with van der Waals surface area (Å²) in [5.41, 5.74) is 8.06. The van der Waals surface area contributed by atoms with Crippen LogP contribution in [-0.4, -0.2) is 19.5 Å². The van der Waals surface area contributed by atoms with Gasteiger partial charge in [-0.25, -0.2) is 15.0 Å². The first-order valence-corrected chi connectivity index (χ1v) is 13.7. The standard InChI is InChI=1S/C37H24N4/c1-3-11-25(12-4-1)33-23-34(40-37(39-33)27-13-5-2-6-14-27)26-19-21-28(22-20-26)41-24-38-35-31-17-9-7-15-29(31)30-16-8-10-18-32(30)36(35)41/h1-24H. The molecule has 4 heteroatoms. The van der Waals surface area contributed by atoms with Gasteiger partial charge in [0, 0.05) is 33.2 Å². The summed E-state index contributed by atoms with van der Waals surface area (Å²) in [5.74, 6) is 0.713. The molecule has 0 aliphatic carbocycles. The van der Waals surface area contributed by atoms with Crippen LogP contribution in [0.15, 0.2) is 146 Å². The highest BCUT2D eigenvalue weighted by Gasteiger charge is 2.15. The van der Waals surface area contributed by atoms with Gasteiger partial charge in [0.2, 0.25) is 0 Å². The smallest absolute Gasteiger partial charge is 0.160 e. The van der Waals surface area contributed by atoms with Crippen LogP contribution >= 0.6 is 0 Å². The maximum absolute atomic E-state index is 4.99. The van der Waals surface area contributed by atoms with Crippen LogP contribution in [0.2, 0.25) is 0 Å². The summed E-state index contributed by atoms with van der Waals surface area (Å²) in [5, 5.41) is 4.82. The lowest BCUT2D eigenvalue weighted by atomic mass is 10.00. The Hall–Kier alpha value is -5.61. The van der Waals surface area contributed by atoms with Crippen LogP contribution in [0.3, 0.4) is 0 Å². The Morgan fingerprint density at radius 3 is 1.61 bits per heavy atom. The second-order valence-electron chi connectivity index (χ2n) is 10.1. The molecule has 8 rings (SSSR count). The van der Waals surface area contributed by atoms with E-state index in [2.05, 4.69) is 108 Å². The third-order valence-electron chi connectivity index (χ3n) is 7.69. The lowest BCUT2D eigenvalue weighted by molar-refractivity contribution is 1.10. The van der Waals surface area contributed by atoms with E-state index in [0.717, 1.165) is 44.8 Å². The summed E-state index contributed by atoms with van der Waals surface area (Å²) >= 11 is 0. The number of hydrogen-bond donors (Lipinski definition) is 0. The van der Waals surface area contributed by atoms with Crippen LogP contribution in [0.25, 0.3) is 72.2 Å². The predicted molar refractivity (Wildman–Crippen MR) is 168 cm³/mol. The van der Waals surface area contributed by atoms with Gasteiger partial charge in [0.1, 0.15) is 6.33 Å². The molecule has 2 aromatic heterocycles. The Balaban J connectivity index is 1.27. The molecule has 0 unspecified atom stereocenters. The minimum absolute atomic E-state index is 0.713. The van der Waals surface area contributed by atoms with Crippen LogP contribution in [0, 0.1) is 0 Å². The zero-order valence-electron chi connectivity index (χ0n) is 22.1. The van der Waals surface area contributed by atoms with Crippen molar-refractivity contribution in [3.05, 3.63) is 146 Å². The van der Waals surface area contributed by atoms with Gasteiger partial charge in [-0.1, -0.05) is 121 Å². The molecule has 0 amide bonds. The largest absolute Gasteiger partial charge is 0.298 e. The maximum atomic E-state index is 4.99. The maximum Gasteiger partial charge on any atom is 0.160 e. The molecule has 6 aromatic carbocycles. The molecule has 0 atom stereocenters. The molecular weight excluding hydrogens is 500 g/mol. The number of imidazole rings is 1. The average molecular weight is 525 g/mol. The van der Waals surface area contributed by atoms with Crippen molar-refractivity contribution in [3.63, 3.8) is 0 Å². The van der Waals surface area contributed by atoms with Crippen LogP contribution < -0.4 is 0 Å². The minimum atomic E-state index is 0.713. The van der Waals surface area contributed by atoms with Gasteiger partial charge >= 0.3 is 0 Å². The molecule has 0 saturated heterocycles. The Labute approximate surface area is 237 Å². The van der Waals surface area contributed by atoms with Crippen LogP contribution in [0.5, 0.6) is 0 Å². The molecule has 0 radical (unpaired) electrons. The van der Waals surface area contributed by atoms with Crippen LogP contribution in [-0.2, 0) is 0 Å². The molecule has 0 saturated carbocycles. The quantitative estimate of drug-likeness (QED) is 0.216. The number of rotatable bonds is 4. The van der Waals surface area contributed by atoms with Crippen molar-refractivity contribution in [1.29, 1.82) is 0 Å². The van der Waals surface area contributed by atoms with Gasteiger partial charge in [-0.05, 0) is 29.0 Å². The van der Waals surface area contributed by atoms with Crippen molar-refractivity contribution >= 4 is 32.6 Å². The average Bonchev–Trinajstić information content (AvgIpc) is 3.51. The Kier molecular flexibility index (Phi) is 5.42. The van der Waals surface area contributed by atoms with E-state index >= 15 is 0 Å². The SMILES string of the molecule is c1ccc(-c2cc(-c3ccc(-n4cnc5c6ccccc6c6ccccc6c54)cc3)nc(-c3ccccc3)n2)cc1. The summed E-state index contributed by atoms with van der Waals surface area (Å²) in [6, 6.07) is 48.2. The lowest BCUT2D eigenvalue weighted by Crippen LogP contribution is -1.97. The van der Waals surface area contributed by atoms with Gasteiger partial charge in [-0.15, -0.1) is 0 Å². The van der Waals surface area contributed by atoms with Crippen LogP contribution in [0.1, 0.15) is 0 Å². The monoisotopic (exact) mass is 524 g/mol. The summed E-state index contributed by atoms with van der Waals surface area (Å²) in [7, 11) is 0. The van der Waals surface area contributed by atoms with Crippen molar-refractivity contribution < 1.29 is 0 Å². The fourth-order valence-corrected chi connectivity index (χ4v) is 5.71. The van der Waals surface area contributed by atoms with Gasteiger partial charge in [0.05, 0.1) is 22.4 Å². The van der Waals surface area contributed by atoms with Gasteiger partial charge < -0.3 is 0 Å². The number of hydrogen-bond acceptors (Lipinski definition) is 3. The van der Waals surface area contributed by atoms with E-state index in [1.807, 2.05) is 42.7 Å². The van der Waals surface area contributed by atoms with Crippen molar-refractivity contribution in [2.75, 3.05) is 0 Å². The van der Waals surface area contributed by atoms with Crippen molar-refractivity contribution in [2.45, 2.75) is 0 Å². The fourth-order valence-electron chi connectivity index (χ4n) is 5.71. The molecule has 0 aliphatic rings. The summed E-state index contributed by atoms with van der Waals surface area (Å²) in [6.45, 7) is 0. The molecule has 0 aliphatic heterocycles. The zero-order chi connectivity index (χ0) is 27.2. The molecule has 192 valence electrons. The second kappa shape index (κ2) is 9.54. The van der Waals surface area contributed by atoms with E-state index in [4.69, 9.17) is 15.0 Å². The molecule has 2 heterocycles. The summed E-state index contributed by atoms with van der Waals surface area (Å²) in [6.07, 6.45) is 1.93. The molecule has 4 nitrogen and oxygen atoms in total. The topological polar surface area (TPSA) is 43.6 Å². The van der Waals surface area contributed by atoms with Gasteiger partial charge in [0.15, 0.2) is 5.82 Å². The first-order chi connectivity index (χ1) is 20.3. The third-order valence-corrected chi connectivity index (χ3v) is 7.69. The molecule has 8 aromatic rings. The molecule has 0 fully saturated rings. The Morgan fingerprint density at radius 1 is 0.439 bits per heavy atom. The van der Waals surface area contributed by atoms with Crippen molar-refractivity contribution in [2.24, 2.45) is 0 Å². The van der Waals surface area contributed by atoms with Crippen molar-refractivity contribution in [1.82, 2.24) is 19.5 Å². The Morgan fingerprint density at radius 2 is 0.951 bits per heavy atom. The first kappa shape index (κ1) is 23.3. The van der Waals surface area contributed by atoms with Gasteiger partial charge in [-0.2, -0.15) is 0 Å². The predicted octanol–water partition coefficient (Wildman–Crippen LogP) is 9.12. The normalized spacial score (nSPS) is 11.4. The van der Waals surface area contributed by atoms with E-state index in [1.54, 1.807) is 0 Å². The second-order valence-corrected chi connectivity index (χ2v) is 10.1. The van der Waals surface area contributed by atoms with Gasteiger partial charge in [0.25, 0.3) is 0 Å². The molecule has 41 heavy (non-hydrogen) atoms. The molecule has 0 spiro atoms. The fraction of sp³-hybridized carbons (Fsp3) is 0. The summed E-state index contributed by atoms with van der Waals surface area (Å²) < 4.78 is 2.19. The van der Waals surface area contributed by atoms with Gasteiger partial charge in [-0.3, -0.25) is 4.57 Å². The van der Waals surface area contributed by atoms with E-state index < -0.39 is 0 Å². The minimum Gasteiger partial charge on any atom is -0.298 e. The van der Waals surface area contributed by atoms with E-state index in [9.17, 15) is 0 Å². The van der Waals surface area contributed by atoms with E-state index in [0.29, 0.717) is 5.82 Å². The van der Waals surface area contributed by atoms with Crippen LogP contribution in [0.4, 0.5) is 0 Å². The summed E-state index contributed by atoms with van der Waals surface area (Å²) in [4.78, 5) is 14.8. The highest BCUT2D eigenvalue weighted by Crippen LogP contribution is 2.36. The van der Waals surface area contributed by atoms with E-state index in [-0.39, 0.29) is 0 Å². The zero-order valence-corrected chi connectivity index (χ0v) is 22.1. The number of nitrogens with zero attached hydrogens (tertiary/aromatic N) is 4.